The van der Waals surface area contributed by atoms with Gasteiger partial charge in [-0.05, 0) is 170 Å². The Labute approximate surface area is 499 Å². The van der Waals surface area contributed by atoms with E-state index in [1.807, 2.05) is 0 Å². The predicted octanol–water partition coefficient (Wildman–Crippen LogP) is 22.6. The molecule has 0 aliphatic heterocycles. The Bertz CT molecular complexity index is 5920. The molecule has 0 unspecified atom stereocenters. The molecule has 18 rings (SSSR count). The van der Waals surface area contributed by atoms with E-state index in [4.69, 9.17) is 0 Å². The van der Waals surface area contributed by atoms with Gasteiger partial charge in [0.15, 0.2) is 0 Å². The first-order chi connectivity index (χ1) is 41.6. The molecule has 0 aliphatic carbocycles. The molecule has 0 spiro atoms. The van der Waals surface area contributed by atoms with E-state index in [1.54, 1.807) is 0 Å². The minimum atomic E-state index is -0.118. The highest BCUT2D eigenvalue weighted by atomic mass is 15.0. The summed E-state index contributed by atoms with van der Waals surface area (Å²) in [5.41, 5.74) is 23.4. The third-order valence-electron chi connectivity index (χ3n) is 19.6. The maximum atomic E-state index is 2.68. The van der Waals surface area contributed by atoms with Crippen molar-refractivity contribution in [1.29, 1.82) is 0 Å². The van der Waals surface area contributed by atoms with Crippen molar-refractivity contribution in [2.24, 2.45) is 0 Å². The molecule has 4 nitrogen and oxygen atoms in total. The number of hydrogen-bond acceptors (Lipinski definition) is 0. The maximum Gasteiger partial charge on any atom is 0.0626 e. The molecule has 0 saturated heterocycles. The molecule has 0 aliphatic rings. The lowest BCUT2D eigenvalue weighted by atomic mass is 9.82. The van der Waals surface area contributed by atoms with Gasteiger partial charge in [-0.2, -0.15) is 0 Å². The number of rotatable bonds is 4. The van der Waals surface area contributed by atoms with Crippen molar-refractivity contribution in [2.45, 2.75) is 78.6 Å². The first-order valence-electron chi connectivity index (χ1n) is 30.7. The zero-order chi connectivity index (χ0) is 58.0. The van der Waals surface area contributed by atoms with E-state index in [-0.39, 0.29) is 16.2 Å². The summed E-state index contributed by atoms with van der Waals surface area (Å²) in [6, 6.07) is 85.7. The molecular weight excluding hydrogens is 1040 g/mol. The molecule has 4 heteroatoms. The molecule has 412 valence electrons. The van der Waals surface area contributed by atoms with Gasteiger partial charge in [0.05, 0.1) is 55.2 Å². The summed E-state index contributed by atoms with van der Waals surface area (Å²) in [4.78, 5) is 0. The van der Waals surface area contributed by atoms with Crippen molar-refractivity contribution >= 4 is 131 Å². The number of hydrogen-bond donors (Lipinski definition) is 0. The molecule has 6 aromatic heterocycles. The SMILES string of the molecule is CC(C)(C)c1cc(-c2ccc3c(c2)c2ccccc2n3-c2ccccc2)c2c(c1)c1cc(C(C)(C)C)cc3c4c5c6cc(C(C)(C)C)cc7c8cc9ccccc9c(-c9ccc%10c(c9)c9ccccc9n%10-c9ccccc9)c8n(c5ccc4n2c13)c76. The van der Waals surface area contributed by atoms with E-state index in [0.29, 0.717) is 0 Å². The Morgan fingerprint density at radius 1 is 0.256 bits per heavy atom. The molecule has 0 amide bonds. The van der Waals surface area contributed by atoms with Gasteiger partial charge < -0.3 is 17.9 Å². The molecule has 0 radical (unpaired) electrons. The normalized spacial score (nSPS) is 13.2. The van der Waals surface area contributed by atoms with E-state index in [9.17, 15) is 0 Å². The number of aromatic nitrogens is 4. The van der Waals surface area contributed by atoms with E-state index in [2.05, 4.69) is 305 Å². The van der Waals surface area contributed by atoms with Crippen molar-refractivity contribution < 1.29 is 0 Å². The topological polar surface area (TPSA) is 18.7 Å². The van der Waals surface area contributed by atoms with Crippen LogP contribution < -0.4 is 0 Å². The quantitative estimate of drug-likeness (QED) is 0.167. The average molecular weight is 1110 g/mol. The molecule has 6 heterocycles. The summed E-state index contributed by atoms with van der Waals surface area (Å²) in [7, 11) is 0. The van der Waals surface area contributed by atoms with Crippen LogP contribution in [0.3, 0.4) is 0 Å². The molecule has 0 atom stereocenters. The summed E-state index contributed by atoms with van der Waals surface area (Å²) in [6.07, 6.45) is 0. The third kappa shape index (κ3) is 6.65. The van der Waals surface area contributed by atoms with Gasteiger partial charge in [0, 0.05) is 87.1 Å². The lowest BCUT2D eigenvalue weighted by Gasteiger charge is -2.22. The minimum absolute atomic E-state index is 0.102. The molecule has 0 saturated carbocycles. The fraction of sp³-hybridized carbons (Fsp3) is 0.146. The van der Waals surface area contributed by atoms with Crippen LogP contribution in [0.5, 0.6) is 0 Å². The van der Waals surface area contributed by atoms with Gasteiger partial charge in [-0.15, -0.1) is 0 Å². The van der Waals surface area contributed by atoms with E-state index >= 15 is 0 Å². The standard InChI is InChI=1S/C82H64N4/c1-80(2,3)50-41-58(48-32-34-69-59(38-48)56-28-18-20-30-67(56)83(69)53-23-12-10-13-24-53)76-63(42-50)64-44-52(82(7,8)9)45-65-74-71(85(76)77(64)65)36-37-72-75(74)66-46-51(81(4,5)6)43-62-61-39-47-22-16-17-27-55(47)73(79(61)86(72)78(62)66)49-33-35-70-60(40-49)57-29-19-21-31-68(57)84(70)54-25-14-11-15-26-54/h10-46H,1-9H3. The zero-order valence-electron chi connectivity index (χ0n) is 50.2. The van der Waals surface area contributed by atoms with Crippen LogP contribution in [-0.2, 0) is 16.2 Å². The smallest absolute Gasteiger partial charge is 0.0626 e. The van der Waals surface area contributed by atoms with Gasteiger partial charge in [-0.25, -0.2) is 0 Å². The van der Waals surface area contributed by atoms with Crippen LogP contribution in [0, 0.1) is 0 Å². The Balaban J connectivity index is 0.993. The van der Waals surface area contributed by atoms with Gasteiger partial charge in [0.25, 0.3) is 0 Å². The van der Waals surface area contributed by atoms with Crippen LogP contribution in [0.1, 0.15) is 79.0 Å². The summed E-state index contributed by atoms with van der Waals surface area (Å²) < 4.78 is 10.2. The first kappa shape index (κ1) is 49.5. The van der Waals surface area contributed by atoms with Gasteiger partial charge in [0.2, 0.25) is 0 Å². The van der Waals surface area contributed by atoms with Crippen LogP contribution in [0.15, 0.2) is 224 Å². The van der Waals surface area contributed by atoms with E-state index in [1.165, 1.54) is 175 Å². The number of nitrogens with zero attached hydrogens (tertiary/aromatic N) is 4. The Hall–Kier alpha value is -9.90. The average Bonchev–Trinajstić information content (AvgIpc) is 1.52. The number of para-hydroxylation sites is 4. The maximum absolute atomic E-state index is 2.68. The van der Waals surface area contributed by atoms with Crippen LogP contribution in [0.4, 0.5) is 0 Å². The molecular formula is C82H64N4. The van der Waals surface area contributed by atoms with E-state index < -0.39 is 0 Å². The Morgan fingerprint density at radius 2 is 0.640 bits per heavy atom. The van der Waals surface area contributed by atoms with Crippen LogP contribution >= 0.6 is 0 Å². The van der Waals surface area contributed by atoms with Crippen molar-refractivity contribution in [3.8, 4) is 33.6 Å². The fourth-order valence-electron chi connectivity index (χ4n) is 15.4. The van der Waals surface area contributed by atoms with Gasteiger partial charge in [0.1, 0.15) is 0 Å². The van der Waals surface area contributed by atoms with E-state index in [0.717, 1.165) is 5.69 Å². The summed E-state index contributed by atoms with van der Waals surface area (Å²) in [5, 5.41) is 18.0. The monoisotopic (exact) mass is 1100 g/mol. The predicted molar refractivity (Wildman–Crippen MR) is 369 cm³/mol. The Kier molecular flexibility index (Phi) is 9.74. The molecule has 0 bridgehead atoms. The highest BCUT2D eigenvalue weighted by molar-refractivity contribution is 6.37. The summed E-state index contributed by atoms with van der Waals surface area (Å²) in [5.74, 6) is 0. The van der Waals surface area contributed by atoms with Crippen molar-refractivity contribution in [3.05, 3.63) is 241 Å². The summed E-state index contributed by atoms with van der Waals surface area (Å²) >= 11 is 0. The second-order valence-electron chi connectivity index (χ2n) is 27.7. The van der Waals surface area contributed by atoms with Crippen LogP contribution in [-0.4, -0.2) is 17.9 Å². The second-order valence-corrected chi connectivity index (χ2v) is 27.7. The van der Waals surface area contributed by atoms with Crippen molar-refractivity contribution in [2.75, 3.05) is 0 Å². The largest absolute Gasteiger partial charge is 0.309 e. The summed E-state index contributed by atoms with van der Waals surface area (Å²) in [6.45, 7) is 21.4. The lowest BCUT2D eigenvalue weighted by Crippen LogP contribution is -2.11. The lowest BCUT2D eigenvalue weighted by molar-refractivity contribution is 0.591. The van der Waals surface area contributed by atoms with Crippen LogP contribution in [0.2, 0.25) is 0 Å². The highest BCUT2D eigenvalue weighted by Gasteiger charge is 2.32. The molecule has 12 aromatic carbocycles. The number of fused-ring (bicyclic) bond motifs is 20. The molecule has 86 heavy (non-hydrogen) atoms. The first-order valence-corrected chi connectivity index (χ1v) is 30.7. The van der Waals surface area contributed by atoms with Crippen LogP contribution in [0.25, 0.3) is 164 Å². The minimum Gasteiger partial charge on any atom is -0.309 e. The van der Waals surface area contributed by atoms with Gasteiger partial charge >= 0.3 is 0 Å². The second kappa shape index (κ2) is 16.9. The zero-order valence-corrected chi connectivity index (χ0v) is 50.2. The highest BCUT2D eigenvalue weighted by Crippen LogP contribution is 2.53. The van der Waals surface area contributed by atoms with Gasteiger partial charge in [-0.3, -0.25) is 0 Å². The third-order valence-corrected chi connectivity index (χ3v) is 19.6. The molecule has 0 fully saturated rings. The van der Waals surface area contributed by atoms with Gasteiger partial charge in [-0.1, -0.05) is 172 Å². The fourth-order valence-corrected chi connectivity index (χ4v) is 15.4. The number of benzene rings is 12. The Morgan fingerprint density at radius 3 is 1.16 bits per heavy atom. The molecule has 18 aromatic rings. The molecule has 0 N–H and O–H groups in total. The van der Waals surface area contributed by atoms with Crippen molar-refractivity contribution in [3.63, 3.8) is 0 Å². The van der Waals surface area contributed by atoms with Crippen molar-refractivity contribution in [1.82, 2.24) is 17.9 Å².